The first-order valence-corrected chi connectivity index (χ1v) is 9.83. The largest absolute Gasteiger partial charge is 0.484 e. The number of amides is 1. The second-order valence-electron chi connectivity index (χ2n) is 6.37. The number of ether oxygens (including phenoxy) is 1. The lowest BCUT2D eigenvalue weighted by Gasteiger charge is -2.27. The van der Waals surface area contributed by atoms with Crippen LogP contribution in [0, 0.1) is 13.8 Å². The molecule has 3 rings (SSSR count). The smallest absolute Gasteiger partial charge is 0.266 e. The van der Waals surface area contributed by atoms with Crippen LogP contribution in [0.25, 0.3) is 0 Å². The number of carbonyl (C=O) groups excluding carboxylic acids is 1. The second-order valence-corrected chi connectivity index (χ2v) is 7.43. The average Bonchev–Trinajstić information content (AvgIpc) is 2.68. The number of rotatable bonds is 5. The van der Waals surface area contributed by atoms with E-state index in [2.05, 4.69) is 11.9 Å². The molecule has 0 aliphatic carbocycles. The molecule has 0 atom stereocenters. The monoisotopic (exact) mass is 368 g/mol. The van der Waals surface area contributed by atoms with E-state index in [0.717, 1.165) is 34.2 Å². The first-order valence-electron chi connectivity index (χ1n) is 8.85. The molecule has 1 aliphatic rings. The van der Waals surface area contributed by atoms with Crippen molar-refractivity contribution in [2.75, 3.05) is 18.9 Å². The number of carbonyl (C=O) groups is 1. The van der Waals surface area contributed by atoms with Gasteiger partial charge in [0.1, 0.15) is 5.75 Å². The van der Waals surface area contributed by atoms with Gasteiger partial charge in [0, 0.05) is 12.3 Å². The Hall–Kier alpha value is -2.27. The normalized spacial score (nSPS) is 15.9. The van der Waals surface area contributed by atoms with Crippen LogP contribution < -0.4 is 4.74 Å². The highest BCUT2D eigenvalue weighted by molar-refractivity contribution is 8.13. The lowest BCUT2D eigenvalue weighted by molar-refractivity contribution is -0.129. The van der Waals surface area contributed by atoms with E-state index >= 15 is 0 Å². The topological polar surface area (TPSA) is 41.9 Å². The van der Waals surface area contributed by atoms with Crippen LogP contribution in [-0.4, -0.2) is 34.9 Å². The molecule has 1 saturated heterocycles. The van der Waals surface area contributed by atoms with Gasteiger partial charge < -0.3 is 4.74 Å². The molecule has 1 fully saturated rings. The molecule has 1 amide bonds. The third-order valence-electron chi connectivity index (χ3n) is 4.37. The Morgan fingerprint density at radius 3 is 2.73 bits per heavy atom. The van der Waals surface area contributed by atoms with Crippen LogP contribution in [0.4, 0.5) is 0 Å². The molecule has 0 bridgehead atoms. The molecule has 2 aromatic rings. The zero-order chi connectivity index (χ0) is 18.4. The van der Waals surface area contributed by atoms with Crippen LogP contribution in [0.2, 0.25) is 0 Å². The summed E-state index contributed by atoms with van der Waals surface area (Å²) in [6, 6.07) is 16.0. The summed E-state index contributed by atoms with van der Waals surface area (Å²) in [5, 5.41) is 0.800. The molecule has 0 unspecified atom stereocenters. The fourth-order valence-electron chi connectivity index (χ4n) is 2.69. The van der Waals surface area contributed by atoms with Crippen LogP contribution in [0.3, 0.4) is 0 Å². The van der Waals surface area contributed by atoms with Gasteiger partial charge in [-0.2, -0.15) is 0 Å². The molecule has 0 spiro atoms. The van der Waals surface area contributed by atoms with E-state index in [1.54, 1.807) is 16.7 Å². The number of benzene rings is 2. The summed E-state index contributed by atoms with van der Waals surface area (Å²) in [5.41, 5.74) is 3.52. The van der Waals surface area contributed by atoms with Crippen molar-refractivity contribution in [2.45, 2.75) is 26.8 Å². The summed E-state index contributed by atoms with van der Waals surface area (Å²) < 4.78 is 5.71. The van der Waals surface area contributed by atoms with Crippen molar-refractivity contribution in [3.63, 3.8) is 0 Å². The lowest BCUT2D eigenvalue weighted by Crippen LogP contribution is -2.42. The minimum Gasteiger partial charge on any atom is -0.484 e. The van der Waals surface area contributed by atoms with Gasteiger partial charge in [-0.25, -0.2) is 0 Å². The molecule has 1 aliphatic heterocycles. The highest BCUT2D eigenvalue weighted by atomic mass is 32.2. The van der Waals surface area contributed by atoms with E-state index in [1.807, 2.05) is 55.5 Å². The predicted octanol–water partition coefficient (Wildman–Crippen LogP) is 4.20. The zero-order valence-electron chi connectivity index (χ0n) is 15.3. The molecule has 4 nitrogen and oxygen atoms in total. The SMILES string of the molecule is Cc1ccc(OCC(=O)N2CCCSC2=NCc2ccccc2)cc1C. The summed E-state index contributed by atoms with van der Waals surface area (Å²) in [6.45, 7) is 5.43. The van der Waals surface area contributed by atoms with E-state index in [-0.39, 0.29) is 12.5 Å². The van der Waals surface area contributed by atoms with E-state index in [0.29, 0.717) is 13.1 Å². The summed E-state index contributed by atoms with van der Waals surface area (Å²) in [6.07, 6.45) is 0.977. The van der Waals surface area contributed by atoms with Crippen LogP contribution in [0.5, 0.6) is 5.75 Å². The molecule has 0 N–H and O–H groups in total. The Morgan fingerprint density at radius 2 is 1.96 bits per heavy atom. The molecule has 5 heteroatoms. The van der Waals surface area contributed by atoms with Crippen molar-refractivity contribution in [1.82, 2.24) is 4.90 Å². The van der Waals surface area contributed by atoms with Gasteiger partial charge in [0.15, 0.2) is 11.8 Å². The first-order chi connectivity index (χ1) is 12.6. The minimum absolute atomic E-state index is 0.0351. The number of hydrogen-bond donors (Lipinski definition) is 0. The van der Waals surface area contributed by atoms with Crippen LogP contribution in [-0.2, 0) is 11.3 Å². The molecule has 2 aromatic carbocycles. The van der Waals surface area contributed by atoms with Gasteiger partial charge in [-0.3, -0.25) is 14.7 Å². The van der Waals surface area contributed by atoms with Gasteiger partial charge in [-0.15, -0.1) is 0 Å². The van der Waals surface area contributed by atoms with Crippen molar-refractivity contribution < 1.29 is 9.53 Å². The first kappa shape index (κ1) is 18.5. The summed E-state index contributed by atoms with van der Waals surface area (Å²) in [5.74, 6) is 1.69. The fraction of sp³-hybridized carbons (Fsp3) is 0.333. The van der Waals surface area contributed by atoms with E-state index in [1.165, 1.54) is 5.56 Å². The van der Waals surface area contributed by atoms with Gasteiger partial charge in [-0.05, 0) is 49.1 Å². The molecule has 1 heterocycles. The van der Waals surface area contributed by atoms with Crippen molar-refractivity contribution in [2.24, 2.45) is 4.99 Å². The Balaban J connectivity index is 1.62. The van der Waals surface area contributed by atoms with Crippen molar-refractivity contribution >= 4 is 22.8 Å². The maximum absolute atomic E-state index is 12.7. The van der Waals surface area contributed by atoms with Crippen molar-refractivity contribution in [1.29, 1.82) is 0 Å². The summed E-state index contributed by atoms with van der Waals surface area (Å²) in [4.78, 5) is 19.1. The Bertz CT molecular complexity index is 790. The second kappa shape index (κ2) is 8.90. The number of amidine groups is 1. The Labute approximate surface area is 159 Å². The third-order valence-corrected chi connectivity index (χ3v) is 5.47. The third kappa shape index (κ3) is 4.88. The highest BCUT2D eigenvalue weighted by Gasteiger charge is 2.23. The maximum Gasteiger partial charge on any atom is 0.266 e. The minimum atomic E-state index is -0.0396. The molecule has 0 saturated carbocycles. The average molecular weight is 369 g/mol. The van der Waals surface area contributed by atoms with Gasteiger partial charge in [-0.1, -0.05) is 48.2 Å². The van der Waals surface area contributed by atoms with E-state index in [9.17, 15) is 4.79 Å². The number of aryl methyl sites for hydroxylation is 2. The number of hydrogen-bond acceptors (Lipinski definition) is 4. The van der Waals surface area contributed by atoms with Gasteiger partial charge in [0.25, 0.3) is 5.91 Å². The number of aliphatic imine (C=N–C) groups is 1. The lowest BCUT2D eigenvalue weighted by atomic mass is 10.1. The maximum atomic E-state index is 12.7. The quantitative estimate of drug-likeness (QED) is 0.794. The highest BCUT2D eigenvalue weighted by Crippen LogP contribution is 2.20. The van der Waals surface area contributed by atoms with E-state index in [4.69, 9.17) is 4.74 Å². The molecular weight excluding hydrogens is 344 g/mol. The number of nitrogens with zero attached hydrogens (tertiary/aromatic N) is 2. The standard InChI is InChI=1S/C21H24N2O2S/c1-16-9-10-19(13-17(16)2)25-15-20(24)23-11-6-12-26-21(23)22-14-18-7-4-3-5-8-18/h3-5,7-10,13H,6,11-12,14-15H2,1-2H3. The molecule has 136 valence electrons. The molecular formula is C21H24N2O2S. The van der Waals surface area contributed by atoms with Gasteiger partial charge in [0.05, 0.1) is 6.54 Å². The summed E-state index contributed by atoms with van der Waals surface area (Å²) in [7, 11) is 0. The summed E-state index contributed by atoms with van der Waals surface area (Å²) >= 11 is 1.64. The molecule has 0 radical (unpaired) electrons. The Kier molecular flexibility index (Phi) is 6.34. The van der Waals surface area contributed by atoms with Crippen LogP contribution >= 0.6 is 11.8 Å². The van der Waals surface area contributed by atoms with Gasteiger partial charge in [0.2, 0.25) is 0 Å². The Morgan fingerprint density at radius 1 is 1.15 bits per heavy atom. The van der Waals surface area contributed by atoms with Crippen LogP contribution in [0.1, 0.15) is 23.1 Å². The number of thioether (sulfide) groups is 1. The fourth-order valence-corrected chi connectivity index (χ4v) is 3.65. The predicted molar refractivity (Wildman–Crippen MR) is 108 cm³/mol. The molecule has 0 aromatic heterocycles. The van der Waals surface area contributed by atoms with Crippen molar-refractivity contribution in [3.05, 3.63) is 65.2 Å². The van der Waals surface area contributed by atoms with Crippen LogP contribution in [0.15, 0.2) is 53.5 Å². The van der Waals surface area contributed by atoms with Gasteiger partial charge >= 0.3 is 0 Å². The zero-order valence-corrected chi connectivity index (χ0v) is 16.1. The van der Waals surface area contributed by atoms with E-state index < -0.39 is 0 Å². The molecule has 26 heavy (non-hydrogen) atoms. The van der Waals surface area contributed by atoms with Crippen molar-refractivity contribution in [3.8, 4) is 5.75 Å².